The van der Waals surface area contributed by atoms with E-state index in [1.165, 1.54) is 19.1 Å². The molecule has 2 aromatic rings. The highest BCUT2D eigenvalue weighted by molar-refractivity contribution is 6.30. The third-order valence-electron chi connectivity index (χ3n) is 4.38. The monoisotopic (exact) mass is 427 g/mol. The minimum absolute atomic E-state index is 0.194. The highest BCUT2D eigenvalue weighted by Gasteiger charge is 2.49. The van der Waals surface area contributed by atoms with Crippen molar-refractivity contribution in [2.45, 2.75) is 12.5 Å². The van der Waals surface area contributed by atoms with Crippen molar-refractivity contribution < 1.29 is 32.7 Å². The van der Waals surface area contributed by atoms with E-state index in [2.05, 4.69) is 5.32 Å². The van der Waals surface area contributed by atoms with Crippen LogP contribution in [0, 0.1) is 17.5 Å². The van der Waals surface area contributed by atoms with Crippen LogP contribution in [0.3, 0.4) is 0 Å². The molecule has 0 spiro atoms. The second-order valence-corrected chi connectivity index (χ2v) is 6.81. The fourth-order valence-corrected chi connectivity index (χ4v) is 2.99. The Morgan fingerprint density at radius 1 is 1.17 bits per heavy atom. The molecule has 29 heavy (non-hydrogen) atoms. The van der Waals surface area contributed by atoms with E-state index in [0.29, 0.717) is 17.0 Å². The highest BCUT2D eigenvalue weighted by Crippen LogP contribution is 2.31. The number of urea groups is 1. The van der Waals surface area contributed by atoms with Crippen molar-refractivity contribution >= 4 is 35.1 Å². The number of amides is 4. The number of carbonyl (C=O) groups excluding carboxylic acids is 3. The molecule has 0 aliphatic carbocycles. The third-order valence-corrected chi connectivity index (χ3v) is 4.67. The normalized spacial score (nSPS) is 18.7. The Labute approximate surface area is 167 Å². The Bertz CT molecular complexity index is 1050. The number of anilines is 1. The van der Waals surface area contributed by atoms with E-state index in [-0.39, 0.29) is 10.6 Å². The lowest BCUT2D eigenvalue weighted by molar-refractivity contribution is -0.133. The van der Waals surface area contributed by atoms with Gasteiger partial charge in [-0.1, -0.05) is 17.7 Å². The molecular formula is C18H13ClF3N3O4. The molecular weight excluding hydrogens is 415 g/mol. The molecule has 1 aliphatic heterocycles. The van der Waals surface area contributed by atoms with E-state index in [1.807, 2.05) is 5.32 Å². The number of aromatic hydroxyl groups is 1. The van der Waals surface area contributed by atoms with Gasteiger partial charge in [-0.05, 0) is 24.6 Å². The molecule has 0 bridgehead atoms. The smallest absolute Gasteiger partial charge is 0.325 e. The molecule has 7 nitrogen and oxygen atoms in total. The van der Waals surface area contributed by atoms with Gasteiger partial charge in [-0.3, -0.25) is 14.5 Å². The van der Waals surface area contributed by atoms with E-state index < -0.39 is 58.8 Å². The second-order valence-electron chi connectivity index (χ2n) is 6.41. The highest BCUT2D eigenvalue weighted by atomic mass is 35.5. The fourth-order valence-electron chi connectivity index (χ4n) is 2.81. The summed E-state index contributed by atoms with van der Waals surface area (Å²) < 4.78 is 40.2. The zero-order valence-corrected chi connectivity index (χ0v) is 15.5. The predicted octanol–water partition coefficient (Wildman–Crippen LogP) is 2.87. The van der Waals surface area contributed by atoms with Crippen LogP contribution in [-0.2, 0) is 15.1 Å². The van der Waals surface area contributed by atoms with Crippen LogP contribution in [0.5, 0.6) is 5.75 Å². The van der Waals surface area contributed by atoms with Crippen LogP contribution in [-0.4, -0.2) is 34.4 Å². The molecule has 1 saturated heterocycles. The van der Waals surface area contributed by atoms with Gasteiger partial charge >= 0.3 is 6.03 Å². The Kier molecular flexibility index (Phi) is 5.14. The Morgan fingerprint density at radius 2 is 1.86 bits per heavy atom. The van der Waals surface area contributed by atoms with Crippen LogP contribution in [0.15, 0.2) is 30.3 Å². The lowest BCUT2D eigenvalue weighted by atomic mass is 9.92. The fraction of sp³-hybridized carbons (Fsp3) is 0.167. The largest absolute Gasteiger partial charge is 0.505 e. The van der Waals surface area contributed by atoms with Gasteiger partial charge in [-0.15, -0.1) is 0 Å². The maximum atomic E-state index is 13.7. The molecule has 1 heterocycles. The number of halogens is 4. The molecule has 0 radical (unpaired) electrons. The summed E-state index contributed by atoms with van der Waals surface area (Å²) in [5.74, 6) is -5.77. The Hall–Kier alpha value is -3.27. The first kappa shape index (κ1) is 20.5. The van der Waals surface area contributed by atoms with Crippen molar-refractivity contribution in [1.82, 2.24) is 10.2 Å². The van der Waals surface area contributed by atoms with Crippen molar-refractivity contribution in [3.05, 3.63) is 58.4 Å². The molecule has 4 amide bonds. The van der Waals surface area contributed by atoms with Gasteiger partial charge in [0.05, 0.1) is 10.7 Å². The van der Waals surface area contributed by atoms with Crippen molar-refractivity contribution in [1.29, 1.82) is 0 Å². The average molecular weight is 428 g/mol. The van der Waals surface area contributed by atoms with E-state index in [9.17, 15) is 32.7 Å². The zero-order valence-electron chi connectivity index (χ0n) is 14.7. The zero-order chi connectivity index (χ0) is 21.5. The van der Waals surface area contributed by atoms with E-state index in [4.69, 9.17) is 11.6 Å². The molecule has 1 aliphatic rings. The first-order valence-corrected chi connectivity index (χ1v) is 8.48. The molecule has 3 rings (SSSR count). The van der Waals surface area contributed by atoms with Gasteiger partial charge < -0.3 is 15.7 Å². The number of imide groups is 1. The SMILES string of the molecule is CC1(c2ccc(F)c(Cl)c2)NC(=O)N(CC(=O)Nc2cc(O)c(F)cc2F)C1=O. The summed E-state index contributed by atoms with van der Waals surface area (Å²) in [6.07, 6.45) is 0. The number of phenols is 1. The van der Waals surface area contributed by atoms with Crippen LogP contribution < -0.4 is 10.6 Å². The molecule has 2 aromatic carbocycles. The summed E-state index contributed by atoms with van der Waals surface area (Å²) in [5, 5.41) is 13.5. The van der Waals surface area contributed by atoms with Crippen LogP contribution in [0.2, 0.25) is 5.02 Å². The Morgan fingerprint density at radius 3 is 2.52 bits per heavy atom. The summed E-state index contributed by atoms with van der Waals surface area (Å²) in [6.45, 7) is 0.569. The lowest BCUT2D eigenvalue weighted by Crippen LogP contribution is -2.42. The van der Waals surface area contributed by atoms with Gasteiger partial charge in [0, 0.05) is 12.1 Å². The van der Waals surface area contributed by atoms with Gasteiger partial charge in [0.15, 0.2) is 11.6 Å². The minimum Gasteiger partial charge on any atom is -0.505 e. The number of hydrogen-bond acceptors (Lipinski definition) is 4. The number of nitrogens with zero attached hydrogens (tertiary/aromatic N) is 1. The maximum Gasteiger partial charge on any atom is 0.325 e. The molecule has 1 unspecified atom stereocenters. The maximum absolute atomic E-state index is 13.7. The van der Waals surface area contributed by atoms with Gasteiger partial charge in [0.2, 0.25) is 5.91 Å². The first-order chi connectivity index (χ1) is 13.5. The summed E-state index contributed by atoms with van der Waals surface area (Å²) in [5.41, 5.74) is -1.94. The number of carbonyl (C=O) groups is 3. The molecule has 3 N–H and O–H groups in total. The quantitative estimate of drug-likeness (QED) is 0.653. The number of nitrogens with one attached hydrogen (secondary N) is 2. The van der Waals surface area contributed by atoms with Crippen molar-refractivity contribution in [2.75, 3.05) is 11.9 Å². The number of rotatable bonds is 4. The first-order valence-electron chi connectivity index (χ1n) is 8.10. The molecule has 152 valence electrons. The van der Waals surface area contributed by atoms with Crippen LogP contribution in [0.1, 0.15) is 12.5 Å². The number of phenolic OH excluding ortho intramolecular Hbond substituents is 1. The van der Waals surface area contributed by atoms with E-state index in [0.717, 1.165) is 6.07 Å². The van der Waals surface area contributed by atoms with Gasteiger partial charge in [0.25, 0.3) is 5.91 Å². The second kappa shape index (κ2) is 7.28. The van der Waals surface area contributed by atoms with Gasteiger partial charge in [-0.25, -0.2) is 18.0 Å². The summed E-state index contributed by atoms with van der Waals surface area (Å²) >= 11 is 5.73. The predicted molar refractivity (Wildman–Crippen MR) is 95.7 cm³/mol. The van der Waals surface area contributed by atoms with Crippen molar-refractivity contribution in [3.63, 3.8) is 0 Å². The van der Waals surface area contributed by atoms with Crippen LogP contribution >= 0.6 is 11.6 Å². The van der Waals surface area contributed by atoms with Crippen molar-refractivity contribution in [2.24, 2.45) is 0 Å². The molecule has 11 heteroatoms. The summed E-state index contributed by atoms with van der Waals surface area (Å²) in [4.78, 5) is 37.7. The van der Waals surface area contributed by atoms with Crippen LogP contribution in [0.4, 0.5) is 23.7 Å². The number of benzene rings is 2. The third kappa shape index (κ3) is 3.70. The van der Waals surface area contributed by atoms with Gasteiger partial charge in [-0.2, -0.15) is 0 Å². The molecule has 0 aromatic heterocycles. The Balaban J connectivity index is 1.79. The summed E-state index contributed by atoms with van der Waals surface area (Å²) in [7, 11) is 0. The van der Waals surface area contributed by atoms with E-state index >= 15 is 0 Å². The van der Waals surface area contributed by atoms with E-state index in [1.54, 1.807) is 0 Å². The molecule has 1 atom stereocenters. The van der Waals surface area contributed by atoms with Crippen molar-refractivity contribution in [3.8, 4) is 5.75 Å². The molecule has 1 fully saturated rings. The van der Waals surface area contributed by atoms with Gasteiger partial charge in [0.1, 0.15) is 23.7 Å². The molecule has 0 saturated carbocycles. The lowest BCUT2D eigenvalue weighted by Gasteiger charge is -2.22. The average Bonchev–Trinajstić information content (AvgIpc) is 2.86. The standard InChI is InChI=1S/C18H13ClF3N3O4/c1-18(8-2-3-10(20)9(19)4-8)16(28)25(17(29)24-18)7-15(27)23-13-6-14(26)12(22)5-11(13)21/h2-6,26H,7H2,1H3,(H,23,27)(H,24,29). The topological polar surface area (TPSA) is 98.7 Å². The van der Waals surface area contributed by atoms with Crippen LogP contribution in [0.25, 0.3) is 0 Å². The summed E-state index contributed by atoms with van der Waals surface area (Å²) in [6, 6.07) is 3.58. The number of hydrogen-bond donors (Lipinski definition) is 3. The minimum atomic E-state index is -1.60.